The molecule has 0 amide bonds. The van der Waals surface area contributed by atoms with E-state index in [1.165, 1.54) is 0 Å². The predicted molar refractivity (Wildman–Crippen MR) is 63.1 cm³/mol. The fraction of sp³-hybridized carbons (Fsp3) is 0.364. The minimum Gasteiger partial charge on any atom is -0.542 e. The summed E-state index contributed by atoms with van der Waals surface area (Å²) in [4.78, 5) is 10.9. The molecule has 0 saturated heterocycles. The van der Waals surface area contributed by atoms with Crippen molar-refractivity contribution >= 4 is 17.6 Å². The average molecular weight is 288 g/mol. The molecule has 0 unspecified atom stereocenters. The second-order valence-corrected chi connectivity index (χ2v) is 4.07. The number of carbonyl (C=O) groups excluding carboxylic acids is 1. The van der Waals surface area contributed by atoms with Crippen molar-refractivity contribution in [3.63, 3.8) is 0 Å². The molecule has 0 saturated carbocycles. The van der Waals surface area contributed by atoms with Crippen molar-refractivity contribution in [2.24, 2.45) is 21.7 Å². The van der Waals surface area contributed by atoms with Crippen LogP contribution in [0.5, 0.6) is 0 Å². The topological polar surface area (TPSA) is 130 Å². The third kappa shape index (κ3) is 3.45. The van der Waals surface area contributed by atoms with Crippen LogP contribution >= 0.6 is 0 Å². The maximum atomic E-state index is 10.9. The van der Waals surface area contributed by atoms with Gasteiger partial charge >= 0.3 is 51.4 Å². The van der Waals surface area contributed by atoms with Gasteiger partial charge in [0.25, 0.3) is 0 Å². The van der Waals surface area contributed by atoms with Gasteiger partial charge in [0.1, 0.15) is 11.7 Å². The molecule has 0 radical (unpaired) electrons. The molecule has 0 bridgehead atoms. The van der Waals surface area contributed by atoms with E-state index in [1.807, 2.05) is 0 Å². The Labute approximate surface area is 152 Å². The maximum absolute atomic E-state index is 10.9. The van der Waals surface area contributed by atoms with Crippen LogP contribution < -0.4 is 68.0 Å². The second-order valence-electron chi connectivity index (χ2n) is 4.07. The Balaban J connectivity index is 0.00000180. The minimum atomic E-state index is -1.33. The Bertz CT molecular complexity index is 559. The van der Waals surface area contributed by atoms with E-state index in [2.05, 4.69) is 10.2 Å². The average Bonchev–Trinajstić information content (AvgIpc) is 2.65. The van der Waals surface area contributed by atoms with Gasteiger partial charge in [-0.1, -0.05) is 0 Å². The molecule has 8 heteroatoms. The smallest absolute Gasteiger partial charge is 0.542 e. The van der Waals surface area contributed by atoms with Crippen molar-refractivity contribution in [2.45, 2.75) is 26.2 Å². The standard InChI is InChI=1S/C11H14N4O3.K/c1-5-8-6(14-15-11(12)13)3-2-4-7(8)18-9(5)10(16)17;/h2-4H2,1H3,(H,16,17)(H4,12,13,15);/q;+1/p-1/b14-6+;. The van der Waals surface area contributed by atoms with Crippen molar-refractivity contribution in [3.05, 3.63) is 22.6 Å². The molecule has 96 valence electrons. The maximum Gasteiger partial charge on any atom is 1.00 e. The summed E-state index contributed by atoms with van der Waals surface area (Å²) in [6.45, 7) is 1.66. The molecular formula is C11H13KN4O3. The van der Waals surface area contributed by atoms with E-state index < -0.39 is 5.97 Å². The molecular weight excluding hydrogens is 275 g/mol. The zero-order valence-electron chi connectivity index (χ0n) is 10.9. The molecule has 4 N–H and O–H groups in total. The van der Waals surface area contributed by atoms with Gasteiger partial charge in [0, 0.05) is 17.5 Å². The van der Waals surface area contributed by atoms with E-state index in [1.54, 1.807) is 6.92 Å². The van der Waals surface area contributed by atoms with Crippen LogP contribution in [0.4, 0.5) is 0 Å². The number of carboxylic acid groups (broad SMARTS) is 1. The number of carboxylic acids is 1. The first-order chi connectivity index (χ1) is 8.50. The molecule has 1 aliphatic rings. The molecule has 0 aromatic carbocycles. The van der Waals surface area contributed by atoms with Crippen LogP contribution in [0, 0.1) is 6.92 Å². The molecule has 1 aromatic rings. The van der Waals surface area contributed by atoms with Gasteiger partial charge in [-0.3, -0.25) is 0 Å². The van der Waals surface area contributed by atoms with Gasteiger partial charge in [-0.15, -0.1) is 5.10 Å². The van der Waals surface area contributed by atoms with Crippen LogP contribution in [0.3, 0.4) is 0 Å². The third-order valence-electron chi connectivity index (χ3n) is 2.80. The SMILES string of the molecule is Cc1c(C(=O)[O-])oc2c1/C(=N/N=C(N)N)CCC2.[K+]. The number of nitrogens with two attached hydrogens (primary N) is 2. The first-order valence-electron chi connectivity index (χ1n) is 5.50. The van der Waals surface area contributed by atoms with E-state index in [9.17, 15) is 9.90 Å². The van der Waals surface area contributed by atoms with Crippen molar-refractivity contribution in [2.75, 3.05) is 0 Å². The zero-order chi connectivity index (χ0) is 13.3. The summed E-state index contributed by atoms with van der Waals surface area (Å²) < 4.78 is 5.28. The van der Waals surface area contributed by atoms with Crippen molar-refractivity contribution < 1.29 is 65.7 Å². The number of carbonyl (C=O) groups is 1. The van der Waals surface area contributed by atoms with Crippen LogP contribution in [0.25, 0.3) is 0 Å². The Kier molecular flexibility index (Phi) is 5.74. The first kappa shape index (κ1) is 16.4. The largest absolute Gasteiger partial charge is 1.00 e. The number of guanidine groups is 1. The van der Waals surface area contributed by atoms with Gasteiger partial charge in [0.05, 0.1) is 5.71 Å². The third-order valence-corrected chi connectivity index (χ3v) is 2.80. The van der Waals surface area contributed by atoms with E-state index in [0.29, 0.717) is 35.4 Å². The predicted octanol–water partition coefficient (Wildman–Crippen LogP) is -3.73. The van der Waals surface area contributed by atoms with Gasteiger partial charge in [0.15, 0.2) is 5.76 Å². The monoisotopic (exact) mass is 288 g/mol. The van der Waals surface area contributed by atoms with Crippen molar-refractivity contribution in [1.29, 1.82) is 0 Å². The van der Waals surface area contributed by atoms with Crippen LogP contribution in [0.15, 0.2) is 14.6 Å². The summed E-state index contributed by atoms with van der Waals surface area (Å²) >= 11 is 0. The minimum absolute atomic E-state index is 0. The van der Waals surface area contributed by atoms with E-state index >= 15 is 0 Å². The molecule has 1 aliphatic carbocycles. The fourth-order valence-electron chi connectivity index (χ4n) is 2.08. The molecule has 0 fully saturated rings. The second kappa shape index (κ2) is 6.66. The number of hydrogen-bond donors (Lipinski definition) is 2. The quantitative estimate of drug-likeness (QED) is 0.250. The first-order valence-corrected chi connectivity index (χ1v) is 5.50. The van der Waals surface area contributed by atoms with Gasteiger partial charge < -0.3 is 25.8 Å². The molecule has 19 heavy (non-hydrogen) atoms. The van der Waals surface area contributed by atoms with Crippen molar-refractivity contribution in [1.82, 2.24) is 0 Å². The van der Waals surface area contributed by atoms with E-state index in [4.69, 9.17) is 15.9 Å². The van der Waals surface area contributed by atoms with Crippen LogP contribution in [0.2, 0.25) is 0 Å². The van der Waals surface area contributed by atoms with E-state index in [-0.39, 0.29) is 63.1 Å². The summed E-state index contributed by atoms with van der Waals surface area (Å²) in [6, 6.07) is 0. The number of nitrogens with zero attached hydrogens (tertiary/aromatic N) is 2. The molecule has 0 spiro atoms. The molecule has 2 rings (SSSR count). The number of aromatic carboxylic acids is 1. The normalized spacial score (nSPS) is 15.5. The van der Waals surface area contributed by atoms with Crippen LogP contribution in [-0.4, -0.2) is 17.6 Å². The van der Waals surface area contributed by atoms with Gasteiger partial charge in [0.2, 0.25) is 5.96 Å². The van der Waals surface area contributed by atoms with Crippen LogP contribution in [-0.2, 0) is 6.42 Å². The molecule has 0 aliphatic heterocycles. The van der Waals surface area contributed by atoms with Gasteiger partial charge in [-0.2, -0.15) is 5.10 Å². The Morgan fingerprint density at radius 3 is 2.63 bits per heavy atom. The fourth-order valence-corrected chi connectivity index (χ4v) is 2.08. The van der Waals surface area contributed by atoms with Gasteiger partial charge in [-0.05, 0) is 19.8 Å². The van der Waals surface area contributed by atoms with E-state index in [0.717, 1.165) is 6.42 Å². The van der Waals surface area contributed by atoms with Crippen molar-refractivity contribution in [3.8, 4) is 0 Å². The van der Waals surface area contributed by atoms with Gasteiger partial charge in [-0.25, -0.2) is 0 Å². The summed E-state index contributed by atoms with van der Waals surface area (Å²) in [5.41, 5.74) is 12.3. The summed E-state index contributed by atoms with van der Waals surface area (Å²) in [6.07, 6.45) is 2.16. The Morgan fingerprint density at radius 2 is 2.05 bits per heavy atom. The summed E-state index contributed by atoms with van der Waals surface area (Å²) in [5, 5.41) is 18.4. The number of aryl methyl sites for hydroxylation is 1. The summed E-state index contributed by atoms with van der Waals surface area (Å²) in [5.74, 6) is -1.03. The molecule has 0 atom stereocenters. The van der Waals surface area contributed by atoms with Crippen LogP contribution in [0.1, 0.15) is 40.3 Å². The zero-order valence-corrected chi connectivity index (χ0v) is 14.0. The molecule has 1 aromatic heterocycles. The number of hydrogen-bond acceptors (Lipinski definition) is 5. The summed E-state index contributed by atoms with van der Waals surface area (Å²) in [7, 11) is 0. The molecule has 7 nitrogen and oxygen atoms in total. The number of rotatable bonds is 2. The molecule has 1 heterocycles. The Hall–Kier alpha value is -0.674. The number of fused-ring (bicyclic) bond motifs is 1. The Morgan fingerprint density at radius 1 is 1.37 bits per heavy atom. The number of furan rings is 1.